The van der Waals surface area contributed by atoms with Crippen LogP contribution in [0.5, 0.6) is 0 Å². The molecule has 0 spiro atoms. The lowest BCUT2D eigenvalue weighted by Gasteiger charge is -2.27. The Hall–Kier alpha value is -4.19. The number of aryl methyl sites for hydroxylation is 1. The van der Waals surface area contributed by atoms with Gasteiger partial charge in [-0.1, -0.05) is 13.0 Å². The maximum absolute atomic E-state index is 15.4. The summed E-state index contributed by atoms with van der Waals surface area (Å²) < 4.78 is 22.7. The highest BCUT2D eigenvalue weighted by atomic mass is 32.1. The molecular weight excluding hydrogens is 545 g/mol. The second-order valence-corrected chi connectivity index (χ2v) is 12.2. The maximum atomic E-state index is 15.4. The van der Waals surface area contributed by atoms with Gasteiger partial charge >= 0.3 is 5.97 Å². The summed E-state index contributed by atoms with van der Waals surface area (Å²) >= 11 is 1.48. The van der Waals surface area contributed by atoms with Crippen LogP contribution in [-0.2, 0) is 16.6 Å². The number of hydrogen-bond donors (Lipinski definition) is 3. The van der Waals surface area contributed by atoms with Crippen LogP contribution >= 0.6 is 11.3 Å². The summed E-state index contributed by atoms with van der Waals surface area (Å²) in [6.45, 7) is 7.33. The van der Waals surface area contributed by atoms with Crippen LogP contribution in [0.1, 0.15) is 55.4 Å². The maximum Gasteiger partial charge on any atom is 0.306 e. The van der Waals surface area contributed by atoms with Crippen molar-refractivity contribution in [3.63, 3.8) is 0 Å². The normalized spacial score (nSPS) is 13.1. The number of thiophene rings is 1. The Labute approximate surface area is 242 Å². The van der Waals surface area contributed by atoms with Gasteiger partial charge in [0.25, 0.3) is 5.91 Å². The molecule has 4 aromatic rings. The summed E-state index contributed by atoms with van der Waals surface area (Å²) in [7, 11) is 5.67. The first kappa shape index (κ1) is 29.8. The number of aromatic nitrogens is 3. The fraction of sp³-hybridized carbons (Fsp3) is 0.379. The van der Waals surface area contributed by atoms with Gasteiger partial charge in [-0.15, -0.1) is 11.3 Å². The number of halogens is 1. The second-order valence-electron chi connectivity index (χ2n) is 11.2. The van der Waals surface area contributed by atoms with Crippen molar-refractivity contribution in [2.24, 2.45) is 18.7 Å². The van der Waals surface area contributed by atoms with Gasteiger partial charge in [-0.2, -0.15) is 5.10 Å². The van der Waals surface area contributed by atoms with E-state index in [1.54, 1.807) is 4.68 Å². The minimum atomic E-state index is -0.824. The molecule has 0 radical (unpaired) electrons. The van der Waals surface area contributed by atoms with Crippen molar-refractivity contribution in [1.82, 2.24) is 14.8 Å². The smallest absolute Gasteiger partial charge is 0.306 e. The van der Waals surface area contributed by atoms with Crippen LogP contribution in [0, 0.1) is 11.7 Å². The van der Waals surface area contributed by atoms with Crippen molar-refractivity contribution < 1.29 is 18.7 Å². The Morgan fingerprint density at radius 3 is 2.54 bits per heavy atom. The van der Waals surface area contributed by atoms with Crippen molar-refractivity contribution in [2.45, 2.75) is 45.8 Å². The number of nitrogens with zero attached hydrogens (tertiary/aromatic N) is 4. The lowest BCUT2D eigenvalue weighted by atomic mass is 9.96. The molecule has 1 aromatic carbocycles. The highest BCUT2D eigenvalue weighted by Gasteiger charge is 2.28. The third kappa shape index (κ3) is 6.94. The summed E-state index contributed by atoms with van der Waals surface area (Å²) in [6, 6.07) is 10.0. The molecule has 0 aliphatic rings. The third-order valence-corrected chi connectivity index (χ3v) is 7.33. The topological polar surface area (TPSA) is 127 Å². The molecule has 0 saturated carbocycles. The predicted molar refractivity (Wildman–Crippen MR) is 161 cm³/mol. The van der Waals surface area contributed by atoms with E-state index in [-0.39, 0.29) is 35.5 Å². The summed E-state index contributed by atoms with van der Waals surface area (Å²) in [4.78, 5) is 32.1. The van der Waals surface area contributed by atoms with Gasteiger partial charge in [0.1, 0.15) is 11.4 Å². The van der Waals surface area contributed by atoms with Crippen LogP contribution in [0.3, 0.4) is 0 Å². The summed E-state index contributed by atoms with van der Waals surface area (Å²) in [5.41, 5.74) is 6.43. The fourth-order valence-corrected chi connectivity index (χ4v) is 5.45. The molecule has 1 amide bonds. The summed E-state index contributed by atoms with van der Waals surface area (Å²) in [5, 5.41) is 13.7. The molecule has 0 saturated heterocycles. The average Bonchev–Trinajstić information content (AvgIpc) is 3.50. The van der Waals surface area contributed by atoms with E-state index < -0.39 is 23.4 Å². The number of benzene rings is 1. The molecule has 3 heterocycles. The van der Waals surface area contributed by atoms with E-state index in [4.69, 9.17) is 10.5 Å². The third-order valence-electron chi connectivity index (χ3n) is 6.38. The first-order chi connectivity index (χ1) is 19.2. The number of primary amides is 1. The van der Waals surface area contributed by atoms with Crippen molar-refractivity contribution in [3.8, 4) is 0 Å². The number of esters is 1. The number of carbonyl (C=O) groups excluding carboxylic acids is 2. The SMILES string of the molecule is C[C@H](CC(=O)OC(C)(C)C)[C@H](Nc1nc(Nc2ccc3c(c2)c(N(C)C)nn3C)c(C(N)=O)cc1F)c1cccs1. The van der Waals surface area contributed by atoms with Crippen LogP contribution in [0.25, 0.3) is 10.9 Å². The Balaban J connectivity index is 1.68. The van der Waals surface area contributed by atoms with Gasteiger partial charge in [0, 0.05) is 37.1 Å². The van der Waals surface area contributed by atoms with Gasteiger partial charge in [0.15, 0.2) is 17.5 Å². The van der Waals surface area contributed by atoms with Crippen LogP contribution in [0.15, 0.2) is 41.8 Å². The van der Waals surface area contributed by atoms with Gasteiger partial charge in [-0.3, -0.25) is 14.3 Å². The quantitative estimate of drug-likeness (QED) is 0.207. The first-order valence-electron chi connectivity index (χ1n) is 13.2. The van der Waals surface area contributed by atoms with Crippen molar-refractivity contribution >= 4 is 57.3 Å². The van der Waals surface area contributed by atoms with E-state index >= 15 is 4.39 Å². The number of fused-ring (bicyclic) bond motifs is 1. The molecule has 218 valence electrons. The van der Waals surface area contributed by atoms with E-state index in [2.05, 4.69) is 20.7 Å². The molecule has 4 rings (SSSR count). The van der Waals surface area contributed by atoms with Crippen LogP contribution < -0.4 is 21.3 Å². The Kier molecular flexibility index (Phi) is 8.52. The van der Waals surface area contributed by atoms with E-state index in [0.717, 1.165) is 27.7 Å². The average molecular weight is 582 g/mol. The number of carbonyl (C=O) groups is 2. The van der Waals surface area contributed by atoms with E-state index in [0.29, 0.717) is 5.69 Å². The standard InChI is InChI=1S/C29H36FN7O3S/c1-16(13-23(38)40-29(2,3)4)24(22-9-8-12-41-22)33-27-20(30)15-19(25(31)39)26(34-27)32-17-10-11-21-18(14-17)28(36(5)6)35-37(21)7/h8-12,14-16,24H,13H2,1-7H3,(H2,31,39)(H2,32,33,34)/t16-,24+/m1/s1. The fourth-order valence-electron chi connectivity index (χ4n) is 4.54. The lowest BCUT2D eigenvalue weighted by molar-refractivity contribution is -0.155. The molecule has 10 nitrogen and oxygen atoms in total. The molecule has 0 fully saturated rings. The largest absolute Gasteiger partial charge is 0.460 e. The minimum Gasteiger partial charge on any atom is -0.460 e. The highest BCUT2D eigenvalue weighted by molar-refractivity contribution is 7.10. The van der Waals surface area contributed by atoms with Crippen LogP contribution in [-0.4, -0.2) is 46.3 Å². The molecule has 2 atom stereocenters. The Bertz CT molecular complexity index is 1560. The summed E-state index contributed by atoms with van der Waals surface area (Å²) in [6.07, 6.45) is 0.109. The van der Waals surface area contributed by atoms with Crippen LogP contribution in [0.2, 0.25) is 0 Å². The number of nitrogens with one attached hydrogen (secondary N) is 2. The number of amides is 1. The zero-order valence-electron chi connectivity index (χ0n) is 24.3. The van der Waals surface area contributed by atoms with Crippen molar-refractivity contribution in [3.05, 3.63) is 58.0 Å². The van der Waals surface area contributed by atoms with Gasteiger partial charge < -0.3 is 26.0 Å². The zero-order chi connectivity index (χ0) is 30.1. The Morgan fingerprint density at radius 2 is 1.93 bits per heavy atom. The number of anilines is 4. The molecule has 3 aromatic heterocycles. The monoisotopic (exact) mass is 581 g/mol. The Morgan fingerprint density at radius 1 is 1.20 bits per heavy atom. The molecule has 41 heavy (non-hydrogen) atoms. The molecule has 4 N–H and O–H groups in total. The second kappa shape index (κ2) is 11.7. The number of nitrogens with two attached hydrogens (primary N) is 1. The molecular formula is C29H36FN7O3S. The number of pyridine rings is 1. The number of rotatable bonds is 10. The van der Waals surface area contributed by atoms with Crippen molar-refractivity contribution in [1.29, 1.82) is 0 Å². The summed E-state index contributed by atoms with van der Waals surface area (Å²) in [5.74, 6) is -1.40. The van der Waals surface area contributed by atoms with Crippen molar-refractivity contribution in [2.75, 3.05) is 29.6 Å². The number of ether oxygens (including phenoxy) is 1. The van der Waals surface area contributed by atoms with E-state index in [1.165, 1.54) is 11.3 Å². The van der Waals surface area contributed by atoms with Gasteiger partial charge in [-0.05, 0) is 62.4 Å². The van der Waals surface area contributed by atoms with Gasteiger partial charge in [0.05, 0.1) is 23.5 Å². The van der Waals surface area contributed by atoms with Crippen LogP contribution in [0.4, 0.5) is 27.5 Å². The molecule has 0 unspecified atom stereocenters. The zero-order valence-corrected chi connectivity index (χ0v) is 25.1. The molecule has 0 aliphatic heterocycles. The highest BCUT2D eigenvalue weighted by Crippen LogP contribution is 2.35. The molecule has 12 heteroatoms. The van der Waals surface area contributed by atoms with E-state index in [9.17, 15) is 9.59 Å². The predicted octanol–water partition coefficient (Wildman–Crippen LogP) is 5.60. The molecule has 0 bridgehead atoms. The first-order valence-corrected chi connectivity index (χ1v) is 14.0. The van der Waals surface area contributed by atoms with Gasteiger partial charge in [-0.25, -0.2) is 9.37 Å². The minimum absolute atomic E-state index is 0.0802. The lowest BCUT2D eigenvalue weighted by Crippen LogP contribution is -2.28. The number of hydrogen-bond acceptors (Lipinski definition) is 9. The van der Waals surface area contributed by atoms with Gasteiger partial charge in [0.2, 0.25) is 0 Å². The van der Waals surface area contributed by atoms with E-state index in [1.807, 2.05) is 89.4 Å². The molecule has 0 aliphatic carbocycles.